The SMILES string of the molecule is CCOC(=O)c1cccc(NCCCSCC)c1. The van der Waals surface area contributed by atoms with E-state index in [1.807, 2.05) is 36.9 Å². The lowest BCUT2D eigenvalue weighted by Gasteiger charge is -2.08. The minimum Gasteiger partial charge on any atom is -0.462 e. The van der Waals surface area contributed by atoms with Crippen LogP contribution in [0.25, 0.3) is 0 Å². The topological polar surface area (TPSA) is 38.3 Å². The molecule has 1 N–H and O–H groups in total. The molecule has 0 atom stereocenters. The van der Waals surface area contributed by atoms with Crippen molar-refractivity contribution in [1.82, 2.24) is 0 Å². The van der Waals surface area contributed by atoms with Gasteiger partial charge in [0, 0.05) is 12.2 Å². The van der Waals surface area contributed by atoms with Crippen LogP contribution in [0.15, 0.2) is 24.3 Å². The van der Waals surface area contributed by atoms with Gasteiger partial charge in [0.1, 0.15) is 0 Å². The molecule has 0 saturated carbocycles. The van der Waals surface area contributed by atoms with Crippen molar-refractivity contribution in [2.24, 2.45) is 0 Å². The highest BCUT2D eigenvalue weighted by Gasteiger charge is 2.06. The van der Waals surface area contributed by atoms with Crippen LogP contribution in [0.3, 0.4) is 0 Å². The van der Waals surface area contributed by atoms with E-state index in [1.165, 1.54) is 11.5 Å². The van der Waals surface area contributed by atoms with Crippen LogP contribution in [-0.4, -0.2) is 30.6 Å². The maximum Gasteiger partial charge on any atom is 0.338 e. The lowest BCUT2D eigenvalue weighted by Crippen LogP contribution is -2.07. The van der Waals surface area contributed by atoms with E-state index < -0.39 is 0 Å². The third-order valence-corrected chi connectivity index (χ3v) is 3.36. The summed E-state index contributed by atoms with van der Waals surface area (Å²) in [4.78, 5) is 11.6. The van der Waals surface area contributed by atoms with Gasteiger partial charge in [-0.05, 0) is 43.0 Å². The first-order valence-corrected chi connectivity index (χ1v) is 7.52. The van der Waals surface area contributed by atoms with E-state index in [0.29, 0.717) is 12.2 Å². The van der Waals surface area contributed by atoms with E-state index in [4.69, 9.17) is 4.74 Å². The van der Waals surface area contributed by atoms with E-state index in [-0.39, 0.29) is 5.97 Å². The normalized spacial score (nSPS) is 10.1. The minimum atomic E-state index is -0.261. The van der Waals surface area contributed by atoms with Crippen molar-refractivity contribution in [1.29, 1.82) is 0 Å². The van der Waals surface area contributed by atoms with Crippen molar-refractivity contribution in [2.75, 3.05) is 30.0 Å². The van der Waals surface area contributed by atoms with Gasteiger partial charge in [-0.2, -0.15) is 11.8 Å². The van der Waals surface area contributed by atoms with Gasteiger partial charge in [0.15, 0.2) is 0 Å². The standard InChI is InChI=1S/C14H21NO2S/c1-3-17-14(16)12-7-5-8-13(11-12)15-9-6-10-18-4-2/h5,7-8,11,15H,3-4,6,9-10H2,1-2H3. The number of rotatable bonds is 8. The Labute approximate surface area is 113 Å². The molecule has 0 unspecified atom stereocenters. The molecule has 0 spiro atoms. The van der Waals surface area contributed by atoms with E-state index in [2.05, 4.69) is 12.2 Å². The van der Waals surface area contributed by atoms with Crippen LogP contribution >= 0.6 is 11.8 Å². The first kappa shape index (κ1) is 14.9. The van der Waals surface area contributed by atoms with Crippen LogP contribution in [0.2, 0.25) is 0 Å². The number of hydrogen-bond donors (Lipinski definition) is 1. The van der Waals surface area contributed by atoms with E-state index >= 15 is 0 Å². The minimum absolute atomic E-state index is 0.261. The quantitative estimate of drug-likeness (QED) is 0.578. The van der Waals surface area contributed by atoms with Gasteiger partial charge in [-0.1, -0.05) is 13.0 Å². The number of hydrogen-bond acceptors (Lipinski definition) is 4. The number of benzene rings is 1. The zero-order valence-electron chi connectivity index (χ0n) is 11.1. The second kappa shape index (κ2) is 8.86. The average Bonchev–Trinajstić information content (AvgIpc) is 2.39. The number of carbonyl (C=O) groups excluding carboxylic acids is 1. The molecule has 0 aliphatic heterocycles. The number of anilines is 1. The first-order valence-electron chi connectivity index (χ1n) is 6.36. The average molecular weight is 267 g/mol. The van der Waals surface area contributed by atoms with Crippen LogP contribution < -0.4 is 5.32 Å². The van der Waals surface area contributed by atoms with Gasteiger partial charge in [0.05, 0.1) is 12.2 Å². The highest BCUT2D eigenvalue weighted by atomic mass is 32.2. The lowest BCUT2D eigenvalue weighted by molar-refractivity contribution is 0.0526. The molecule has 0 bridgehead atoms. The summed E-state index contributed by atoms with van der Waals surface area (Å²) in [6.45, 7) is 5.32. The Hall–Kier alpha value is -1.16. The van der Waals surface area contributed by atoms with Gasteiger partial charge in [0.25, 0.3) is 0 Å². The molecule has 0 aliphatic rings. The highest BCUT2D eigenvalue weighted by molar-refractivity contribution is 7.99. The second-order valence-electron chi connectivity index (χ2n) is 3.78. The van der Waals surface area contributed by atoms with Crippen molar-refractivity contribution < 1.29 is 9.53 Å². The summed E-state index contributed by atoms with van der Waals surface area (Å²) in [7, 11) is 0. The van der Waals surface area contributed by atoms with Crippen LogP contribution in [0, 0.1) is 0 Å². The van der Waals surface area contributed by atoms with Crippen molar-refractivity contribution in [3.63, 3.8) is 0 Å². The number of carbonyl (C=O) groups is 1. The Morgan fingerprint density at radius 2 is 2.22 bits per heavy atom. The Kier molecular flexibility index (Phi) is 7.34. The molecular formula is C14H21NO2S. The smallest absolute Gasteiger partial charge is 0.338 e. The Morgan fingerprint density at radius 1 is 1.39 bits per heavy atom. The Morgan fingerprint density at radius 3 is 2.94 bits per heavy atom. The van der Waals surface area contributed by atoms with Gasteiger partial charge in [-0.25, -0.2) is 4.79 Å². The van der Waals surface area contributed by atoms with Gasteiger partial charge in [-0.15, -0.1) is 0 Å². The first-order chi connectivity index (χ1) is 8.77. The monoisotopic (exact) mass is 267 g/mol. The summed E-state index contributed by atoms with van der Waals surface area (Å²) in [6, 6.07) is 7.45. The van der Waals surface area contributed by atoms with Crippen LogP contribution in [0.5, 0.6) is 0 Å². The predicted octanol–water partition coefficient (Wildman–Crippen LogP) is 3.42. The number of thioether (sulfide) groups is 1. The fourth-order valence-electron chi connectivity index (χ4n) is 1.52. The molecule has 0 saturated heterocycles. The Balaban J connectivity index is 2.42. The van der Waals surface area contributed by atoms with Crippen molar-refractivity contribution in [2.45, 2.75) is 20.3 Å². The van der Waals surface area contributed by atoms with E-state index in [1.54, 1.807) is 6.07 Å². The zero-order valence-corrected chi connectivity index (χ0v) is 11.9. The molecule has 0 heterocycles. The molecule has 0 aromatic heterocycles. The third kappa shape index (κ3) is 5.45. The van der Waals surface area contributed by atoms with Crippen molar-refractivity contribution in [3.05, 3.63) is 29.8 Å². The lowest BCUT2D eigenvalue weighted by atomic mass is 10.2. The second-order valence-corrected chi connectivity index (χ2v) is 5.17. The summed E-state index contributed by atoms with van der Waals surface area (Å²) in [5.74, 6) is 2.07. The van der Waals surface area contributed by atoms with Crippen molar-refractivity contribution >= 4 is 23.4 Å². The van der Waals surface area contributed by atoms with Crippen LogP contribution in [0.4, 0.5) is 5.69 Å². The molecule has 0 aliphatic carbocycles. The number of esters is 1. The zero-order chi connectivity index (χ0) is 13.2. The summed E-state index contributed by atoms with van der Waals surface area (Å²) in [5, 5.41) is 3.32. The molecule has 3 nitrogen and oxygen atoms in total. The molecule has 0 radical (unpaired) electrons. The fourth-order valence-corrected chi connectivity index (χ4v) is 2.16. The predicted molar refractivity (Wildman–Crippen MR) is 78.5 cm³/mol. The maximum atomic E-state index is 11.6. The molecule has 100 valence electrons. The fraction of sp³-hybridized carbons (Fsp3) is 0.500. The summed E-state index contributed by atoms with van der Waals surface area (Å²) in [6.07, 6.45) is 1.13. The third-order valence-electron chi connectivity index (χ3n) is 2.37. The summed E-state index contributed by atoms with van der Waals surface area (Å²) < 4.78 is 4.97. The Bertz CT molecular complexity index is 369. The van der Waals surface area contributed by atoms with E-state index in [9.17, 15) is 4.79 Å². The molecule has 1 rings (SSSR count). The molecule has 4 heteroatoms. The summed E-state index contributed by atoms with van der Waals surface area (Å²) >= 11 is 1.94. The van der Waals surface area contributed by atoms with Crippen LogP contribution in [-0.2, 0) is 4.74 Å². The molecule has 1 aromatic carbocycles. The molecule has 0 fully saturated rings. The molecular weight excluding hydrogens is 246 g/mol. The van der Waals surface area contributed by atoms with E-state index in [0.717, 1.165) is 18.7 Å². The largest absolute Gasteiger partial charge is 0.462 e. The van der Waals surface area contributed by atoms with Gasteiger partial charge in [-0.3, -0.25) is 0 Å². The molecule has 1 aromatic rings. The molecule has 18 heavy (non-hydrogen) atoms. The van der Waals surface area contributed by atoms with Gasteiger partial charge < -0.3 is 10.1 Å². The van der Waals surface area contributed by atoms with Gasteiger partial charge in [0.2, 0.25) is 0 Å². The number of ether oxygens (including phenoxy) is 1. The maximum absolute atomic E-state index is 11.6. The highest BCUT2D eigenvalue weighted by Crippen LogP contribution is 2.12. The molecule has 0 amide bonds. The van der Waals surface area contributed by atoms with Crippen LogP contribution in [0.1, 0.15) is 30.6 Å². The summed E-state index contributed by atoms with van der Waals surface area (Å²) in [5.41, 5.74) is 1.58. The number of nitrogens with one attached hydrogen (secondary N) is 1. The van der Waals surface area contributed by atoms with Crippen molar-refractivity contribution in [3.8, 4) is 0 Å². The van der Waals surface area contributed by atoms with Gasteiger partial charge >= 0.3 is 5.97 Å².